The Hall–Kier alpha value is -0.830. The van der Waals surface area contributed by atoms with Crippen molar-refractivity contribution < 1.29 is 9.90 Å². The van der Waals surface area contributed by atoms with Gasteiger partial charge in [-0.2, -0.15) is 0 Å². The Morgan fingerprint density at radius 3 is 2.62 bits per heavy atom. The molecule has 1 aliphatic rings. The number of carboxylic acids is 1. The summed E-state index contributed by atoms with van der Waals surface area (Å²) in [6.45, 7) is 2.12. The lowest BCUT2D eigenvalue weighted by Gasteiger charge is -2.45. The summed E-state index contributed by atoms with van der Waals surface area (Å²) < 4.78 is 0.909. The summed E-state index contributed by atoms with van der Waals surface area (Å²) >= 11 is 3.45. The van der Waals surface area contributed by atoms with Gasteiger partial charge in [0.05, 0.1) is 5.41 Å². The molecule has 0 saturated heterocycles. The highest BCUT2D eigenvalue weighted by molar-refractivity contribution is 9.10. The molecule has 0 aliphatic heterocycles. The maximum Gasteiger partial charge on any atom is 0.314 e. The first-order chi connectivity index (χ1) is 7.60. The molecule has 16 heavy (non-hydrogen) atoms. The van der Waals surface area contributed by atoms with Crippen LogP contribution in [-0.4, -0.2) is 11.1 Å². The molecular formula is C13H15BrO2. The summed E-state index contributed by atoms with van der Waals surface area (Å²) in [6.07, 6.45) is 2.60. The Morgan fingerprint density at radius 1 is 1.50 bits per heavy atom. The van der Waals surface area contributed by atoms with Crippen molar-refractivity contribution in [3.8, 4) is 0 Å². The second-order valence-electron chi connectivity index (χ2n) is 4.55. The minimum absolute atomic E-state index is 0.559. The van der Waals surface area contributed by atoms with E-state index >= 15 is 0 Å². The van der Waals surface area contributed by atoms with Crippen molar-refractivity contribution in [2.24, 2.45) is 5.92 Å². The second kappa shape index (κ2) is 4.21. The molecule has 0 spiro atoms. The van der Waals surface area contributed by atoms with Crippen molar-refractivity contribution in [3.05, 3.63) is 34.3 Å². The number of hydrogen-bond donors (Lipinski definition) is 1. The van der Waals surface area contributed by atoms with Gasteiger partial charge in [0, 0.05) is 4.47 Å². The predicted molar refractivity (Wildman–Crippen MR) is 66.5 cm³/mol. The van der Waals surface area contributed by atoms with Crippen LogP contribution >= 0.6 is 15.9 Å². The fourth-order valence-electron chi connectivity index (χ4n) is 2.57. The molecule has 0 atom stereocenters. The molecule has 3 heteroatoms. The number of carbonyl (C=O) groups is 1. The number of aliphatic carboxylic acids is 1. The van der Waals surface area contributed by atoms with Crippen molar-refractivity contribution >= 4 is 21.9 Å². The van der Waals surface area contributed by atoms with Gasteiger partial charge < -0.3 is 5.11 Å². The Morgan fingerprint density at radius 2 is 2.12 bits per heavy atom. The van der Waals surface area contributed by atoms with Crippen LogP contribution in [0.3, 0.4) is 0 Å². The summed E-state index contributed by atoms with van der Waals surface area (Å²) in [5, 5.41) is 9.45. The topological polar surface area (TPSA) is 37.3 Å². The lowest BCUT2D eigenvalue weighted by atomic mass is 9.58. The molecule has 0 unspecified atom stereocenters. The quantitative estimate of drug-likeness (QED) is 0.920. The summed E-state index contributed by atoms with van der Waals surface area (Å²) in [5.41, 5.74) is 0.271. The first kappa shape index (κ1) is 11.6. The summed E-state index contributed by atoms with van der Waals surface area (Å²) in [5.74, 6) is -0.132. The summed E-state index contributed by atoms with van der Waals surface area (Å²) in [6, 6.07) is 7.66. The highest BCUT2D eigenvalue weighted by atomic mass is 79.9. The van der Waals surface area contributed by atoms with Crippen LogP contribution in [0.15, 0.2) is 28.7 Å². The zero-order valence-corrected chi connectivity index (χ0v) is 10.8. The molecular weight excluding hydrogens is 268 g/mol. The smallest absolute Gasteiger partial charge is 0.314 e. The van der Waals surface area contributed by atoms with E-state index in [1.165, 1.54) is 0 Å². The molecule has 1 aliphatic carbocycles. The van der Waals surface area contributed by atoms with E-state index in [4.69, 9.17) is 0 Å². The van der Waals surface area contributed by atoms with Gasteiger partial charge in [-0.15, -0.1) is 0 Å². The van der Waals surface area contributed by atoms with E-state index in [-0.39, 0.29) is 0 Å². The lowest BCUT2D eigenvalue weighted by molar-refractivity contribution is -0.150. The zero-order valence-electron chi connectivity index (χ0n) is 9.24. The Balaban J connectivity index is 2.36. The van der Waals surface area contributed by atoms with Gasteiger partial charge in [-0.05, 0) is 30.4 Å². The normalized spacial score (nSPS) is 28.5. The Bertz CT molecular complexity index is 408. The van der Waals surface area contributed by atoms with Crippen LogP contribution in [0.2, 0.25) is 0 Å². The van der Waals surface area contributed by atoms with Crippen LogP contribution in [0, 0.1) is 5.92 Å². The van der Waals surface area contributed by atoms with E-state index in [1.54, 1.807) is 0 Å². The third kappa shape index (κ3) is 1.67. The molecule has 0 heterocycles. The van der Waals surface area contributed by atoms with E-state index in [9.17, 15) is 9.90 Å². The predicted octanol–water partition coefficient (Wildman–Crippen LogP) is 3.59. The minimum atomic E-state index is -0.691. The molecule has 1 aromatic rings. The van der Waals surface area contributed by atoms with E-state index in [0.717, 1.165) is 29.3 Å². The molecule has 0 amide bonds. The second-order valence-corrected chi connectivity index (χ2v) is 5.40. The van der Waals surface area contributed by atoms with Gasteiger partial charge in [-0.3, -0.25) is 4.79 Å². The molecule has 2 rings (SSSR count). The number of halogens is 1. The van der Waals surface area contributed by atoms with Gasteiger partial charge >= 0.3 is 5.97 Å². The van der Waals surface area contributed by atoms with Crippen molar-refractivity contribution in [2.45, 2.75) is 31.6 Å². The van der Waals surface area contributed by atoms with Crippen LogP contribution in [0.5, 0.6) is 0 Å². The molecule has 0 aromatic heterocycles. The Labute approximate surface area is 104 Å². The van der Waals surface area contributed by atoms with Gasteiger partial charge in [0.1, 0.15) is 0 Å². The first-order valence-electron chi connectivity index (χ1n) is 5.58. The van der Waals surface area contributed by atoms with Crippen LogP contribution in [-0.2, 0) is 10.2 Å². The fourth-order valence-corrected chi connectivity index (χ4v) is 3.24. The van der Waals surface area contributed by atoms with Crippen LogP contribution < -0.4 is 0 Å². The molecule has 1 N–H and O–H groups in total. The molecule has 86 valence electrons. The molecule has 0 radical (unpaired) electrons. The van der Waals surface area contributed by atoms with Crippen molar-refractivity contribution in [2.75, 3.05) is 0 Å². The molecule has 1 aromatic carbocycles. The van der Waals surface area contributed by atoms with Crippen molar-refractivity contribution in [3.63, 3.8) is 0 Å². The van der Waals surface area contributed by atoms with Crippen LogP contribution in [0.4, 0.5) is 0 Å². The minimum Gasteiger partial charge on any atom is -0.481 e. The molecule has 1 fully saturated rings. The number of benzene rings is 1. The number of hydrogen-bond acceptors (Lipinski definition) is 1. The van der Waals surface area contributed by atoms with Gasteiger partial charge in [0.2, 0.25) is 0 Å². The van der Waals surface area contributed by atoms with E-state index in [1.807, 2.05) is 24.3 Å². The van der Waals surface area contributed by atoms with Crippen LogP contribution in [0.25, 0.3) is 0 Å². The monoisotopic (exact) mass is 282 g/mol. The Kier molecular flexibility index (Phi) is 3.06. The molecule has 2 nitrogen and oxygen atoms in total. The van der Waals surface area contributed by atoms with Gasteiger partial charge in [-0.1, -0.05) is 47.5 Å². The third-order valence-electron chi connectivity index (χ3n) is 3.65. The fraction of sp³-hybridized carbons (Fsp3) is 0.462. The maximum absolute atomic E-state index is 11.5. The van der Waals surface area contributed by atoms with Crippen molar-refractivity contribution in [1.82, 2.24) is 0 Å². The van der Waals surface area contributed by atoms with E-state index in [0.29, 0.717) is 5.92 Å². The van der Waals surface area contributed by atoms with Gasteiger partial charge in [0.25, 0.3) is 0 Å². The zero-order chi connectivity index (χ0) is 11.8. The number of rotatable bonds is 3. The third-order valence-corrected chi connectivity index (χ3v) is 4.34. The van der Waals surface area contributed by atoms with Crippen LogP contribution in [0.1, 0.15) is 31.7 Å². The molecule has 0 bridgehead atoms. The molecule has 1 saturated carbocycles. The summed E-state index contributed by atoms with van der Waals surface area (Å²) in [4.78, 5) is 11.5. The highest BCUT2D eigenvalue weighted by Crippen LogP contribution is 2.51. The average molecular weight is 283 g/mol. The van der Waals surface area contributed by atoms with Gasteiger partial charge in [-0.25, -0.2) is 0 Å². The standard InChI is InChI=1S/C13H15BrO2/c1-2-9-7-13(8-9,12(15)16)10-5-3-4-6-11(10)14/h3-6,9H,2,7-8H2,1H3,(H,15,16). The van der Waals surface area contributed by atoms with E-state index < -0.39 is 11.4 Å². The number of carboxylic acid groups (broad SMARTS) is 1. The maximum atomic E-state index is 11.5. The highest BCUT2D eigenvalue weighted by Gasteiger charge is 2.51. The average Bonchev–Trinajstić information content (AvgIpc) is 2.19. The van der Waals surface area contributed by atoms with Gasteiger partial charge in [0.15, 0.2) is 0 Å². The largest absolute Gasteiger partial charge is 0.481 e. The van der Waals surface area contributed by atoms with E-state index in [2.05, 4.69) is 22.9 Å². The first-order valence-corrected chi connectivity index (χ1v) is 6.38. The summed E-state index contributed by atoms with van der Waals surface area (Å²) in [7, 11) is 0. The lowest BCUT2D eigenvalue weighted by Crippen LogP contribution is -2.47. The SMILES string of the molecule is CCC1CC(C(=O)O)(c2ccccc2Br)C1. The van der Waals surface area contributed by atoms with Crippen molar-refractivity contribution in [1.29, 1.82) is 0 Å².